The van der Waals surface area contributed by atoms with Gasteiger partial charge in [-0.3, -0.25) is 4.79 Å². The second-order valence-corrected chi connectivity index (χ2v) is 7.27. The van der Waals surface area contributed by atoms with Crippen LogP contribution in [-0.2, 0) is 6.42 Å². The van der Waals surface area contributed by atoms with Gasteiger partial charge in [-0.25, -0.2) is 0 Å². The maximum Gasteiger partial charge on any atom is 0.255 e. The summed E-state index contributed by atoms with van der Waals surface area (Å²) in [6.45, 7) is 6.60. The standard InChI is InChI=1S/C22H24ClN3O2/c1-4-16(3)26(22(27)18-7-5-6-8-19(18)23)14-13-20-24-21(25-28-20)17-11-9-15(2)10-12-17/h5-12,16H,4,13-14H2,1-3H3/t16-/m0/s1. The lowest BCUT2D eigenvalue weighted by Crippen LogP contribution is -2.40. The van der Waals surface area contributed by atoms with Crippen molar-refractivity contribution in [2.75, 3.05) is 6.54 Å². The highest BCUT2D eigenvalue weighted by molar-refractivity contribution is 6.33. The Balaban J connectivity index is 1.73. The Morgan fingerprint density at radius 2 is 1.89 bits per heavy atom. The third-order valence-corrected chi connectivity index (χ3v) is 5.16. The van der Waals surface area contributed by atoms with Gasteiger partial charge in [0.25, 0.3) is 5.91 Å². The van der Waals surface area contributed by atoms with Crippen LogP contribution in [0.25, 0.3) is 11.4 Å². The second kappa shape index (κ2) is 9.02. The first kappa shape index (κ1) is 20.1. The molecule has 0 aliphatic carbocycles. The van der Waals surface area contributed by atoms with Gasteiger partial charge < -0.3 is 9.42 Å². The van der Waals surface area contributed by atoms with Gasteiger partial charge in [0.15, 0.2) is 0 Å². The summed E-state index contributed by atoms with van der Waals surface area (Å²) >= 11 is 6.22. The van der Waals surface area contributed by atoms with Crippen molar-refractivity contribution < 1.29 is 9.32 Å². The zero-order valence-corrected chi connectivity index (χ0v) is 17.1. The van der Waals surface area contributed by atoms with Gasteiger partial charge in [-0.15, -0.1) is 0 Å². The lowest BCUT2D eigenvalue weighted by Gasteiger charge is -2.28. The van der Waals surface area contributed by atoms with Gasteiger partial charge >= 0.3 is 0 Å². The molecule has 1 aromatic heterocycles. The third-order valence-electron chi connectivity index (χ3n) is 4.83. The summed E-state index contributed by atoms with van der Waals surface area (Å²) < 4.78 is 5.40. The van der Waals surface area contributed by atoms with Crippen LogP contribution in [0.1, 0.15) is 42.1 Å². The van der Waals surface area contributed by atoms with Gasteiger partial charge in [0.05, 0.1) is 10.6 Å². The van der Waals surface area contributed by atoms with Crippen molar-refractivity contribution in [1.82, 2.24) is 15.0 Å². The minimum atomic E-state index is -0.0850. The first-order valence-corrected chi connectivity index (χ1v) is 9.82. The molecule has 0 bridgehead atoms. The van der Waals surface area contributed by atoms with Crippen LogP contribution in [0.15, 0.2) is 53.1 Å². The molecule has 146 valence electrons. The van der Waals surface area contributed by atoms with Gasteiger partial charge in [-0.1, -0.05) is 65.6 Å². The summed E-state index contributed by atoms with van der Waals surface area (Å²) in [6, 6.07) is 15.2. The molecule has 0 aliphatic rings. The van der Waals surface area contributed by atoms with Crippen molar-refractivity contribution >= 4 is 17.5 Å². The lowest BCUT2D eigenvalue weighted by molar-refractivity contribution is 0.0686. The molecule has 0 unspecified atom stereocenters. The molecule has 6 heteroatoms. The largest absolute Gasteiger partial charge is 0.339 e. The number of carbonyl (C=O) groups excluding carboxylic acids is 1. The molecule has 0 saturated heterocycles. The van der Waals surface area contributed by atoms with Gasteiger partial charge in [-0.05, 0) is 32.4 Å². The molecule has 1 amide bonds. The minimum Gasteiger partial charge on any atom is -0.339 e. The van der Waals surface area contributed by atoms with Gasteiger partial charge in [0.1, 0.15) is 0 Å². The molecule has 0 saturated carbocycles. The number of carbonyl (C=O) groups is 1. The molecule has 3 rings (SSSR count). The van der Waals surface area contributed by atoms with Gasteiger partial charge in [0, 0.05) is 24.6 Å². The number of rotatable bonds is 7. The molecule has 1 heterocycles. The monoisotopic (exact) mass is 397 g/mol. The molecule has 2 aromatic carbocycles. The summed E-state index contributed by atoms with van der Waals surface area (Å²) in [7, 11) is 0. The second-order valence-electron chi connectivity index (χ2n) is 6.86. The number of hydrogen-bond donors (Lipinski definition) is 0. The number of hydrogen-bond acceptors (Lipinski definition) is 4. The molecule has 1 atom stereocenters. The SMILES string of the molecule is CC[C@H](C)N(CCc1nc(-c2ccc(C)cc2)no1)C(=O)c1ccccc1Cl. The van der Waals surface area contributed by atoms with E-state index in [9.17, 15) is 4.79 Å². The van der Waals surface area contributed by atoms with Crippen molar-refractivity contribution in [2.45, 2.75) is 39.7 Å². The van der Waals surface area contributed by atoms with E-state index in [2.05, 4.69) is 17.1 Å². The molecule has 0 fully saturated rings. The van der Waals surface area contributed by atoms with Crippen molar-refractivity contribution in [3.63, 3.8) is 0 Å². The van der Waals surface area contributed by atoms with Crippen LogP contribution < -0.4 is 0 Å². The van der Waals surface area contributed by atoms with Crippen LogP contribution >= 0.6 is 11.6 Å². The summed E-state index contributed by atoms with van der Waals surface area (Å²) in [6.07, 6.45) is 1.33. The molecule has 0 radical (unpaired) electrons. The Labute approximate surface area is 170 Å². The van der Waals surface area contributed by atoms with Crippen LogP contribution in [0.4, 0.5) is 0 Å². The normalized spacial score (nSPS) is 12.0. The topological polar surface area (TPSA) is 59.2 Å². The summed E-state index contributed by atoms with van der Waals surface area (Å²) in [5.74, 6) is 0.983. The Morgan fingerprint density at radius 1 is 1.18 bits per heavy atom. The van der Waals surface area contributed by atoms with E-state index >= 15 is 0 Å². The summed E-state index contributed by atoms with van der Waals surface area (Å²) in [4.78, 5) is 19.3. The maximum absolute atomic E-state index is 13.0. The Kier molecular flexibility index (Phi) is 6.47. The molecule has 28 heavy (non-hydrogen) atoms. The third kappa shape index (κ3) is 4.60. The highest BCUT2D eigenvalue weighted by Gasteiger charge is 2.23. The number of amides is 1. The van der Waals surface area contributed by atoms with Gasteiger partial charge in [0.2, 0.25) is 11.7 Å². The van der Waals surface area contributed by atoms with Crippen molar-refractivity contribution in [2.24, 2.45) is 0 Å². The van der Waals surface area contributed by atoms with Crippen LogP contribution in [0, 0.1) is 6.92 Å². The fraction of sp³-hybridized carbons (Fsp3) is 0.318. The van der Waals surface area contributed by atoms with E-state index in [1.807, 2.05) is 55.1 Å². The zero-order valence-electron chi connectivity index (χ0n) is 16.4. The first-order valence-electron chi connectivity index (χ1n) is 9.44. The predicted octanol–water partition coefficient (Wildman–Crippen LogP) is 5.18. The van der Waals surface area contributed by atoms with Crippen molar-refractivity contribution in [3.8, 4) is 11.4 Å². The zero-order chi connectivity index (χ0) is 20.1. The smallest absolute Gasteiger partial charge is 0.255 e. The van der Waals surface area contributed by atoms with E-state index in [-0.39, 0.29) is 11.9 Å². The maximum atomic E-state index is 13.0. The van der Waals surface area contributed by atoms with Gasteiger partial charge in [-0.2, -0.15) is 4.98 Å². The number of aromatic nitrogens is 2. The summed E-state index contributed by atoms with van der Waals surface area (Å²) in [5.41, 5.74) is 2.59. The molecule has 0 spiro atoms. The molecular weight excluding hydrogens is 374 g/mol. The highest BCUT2D eigenvalue weighted by atomic mass is 35.5. The number of nitrogens with zero attached hydrogens (tertiary/aromatic N) is 3. The van der Waals surface area contributed by atoms with Crippen molar-refractivity contribution in [1.29, 1.82) is 0 Å². The van der Waals surface area contributed by atoms with E-state index in [1.165, 1.54) is 5.56 Å². The van der Waals surface area contributed by atoms with E-state index in [4.69, 9.17) is 16.1 Å². The average molecular weight is 398 g/mol. The predicted molar refractivity (Wildman–Crippen MR) is 110 cm³/mol. The fourth-order valence-corrected chi connectivity index (χ4v) is 3.14. The van der Waals surface area contributed by atoms with Crippen LogP contribution in [0.2, 0.25) is 5.02 Å². The van der Waals surface area contributed by atoms with Crippen LogP contribution in [0.5, 0.6) is 0 Å². The lowest BCUT2D eigenvalue weighted by atomic mass is 10.1. The molecule has 0 N–H and O–H groups in total. The quantitative estimate of drug-likeness (QED) is 0.551. The Morgan fingerprint density at radius 3 is 2.57 bits per heavy atom. The van der Waals surface area contributed by atoms with Crippen LogP contribution in [-0.4, -0.2) is 33.5 Å². The van der Waals surface area contributed by atoms with E-state index in [0.717, 1.165) is 12.0 Å². The first-order chi connectivity index (χ1) is 13.5. The molecule has 5 nitrogen and oxygen atoms in total. The Hall–Kier alpha value is -2.66. The van der Waals surface area contributed by atoms with E-state index in [0.29, 0.717) is 35.3 Å². The fourth-order valence-electron chi connectivity index (χ4n) is 2.92. The number of halogens is 1. The van der Waals surface area contributed by atoms with E-state index in [1.54, 1.807) is 12.1 Å². The molecule has 0 aliphatic heterocycles. The number of aryl methyl sites for hydroxylation is 1. The Bertz CT molecular complexity index is 937. The average Bonchev–Trinajstić information content (AvgIpc) is 3.17. The summed E-state index contributed by atoms with van der Waals surface area (Å²) in [5, 5.41) is 4.52. The molecular formula is C22H24ClN3O2. The van der Waals surface area contributed by atoms with Crippen molar-refractivity contribution in [3.05, 3.63) is 70.6 Å². The van der Waals surface area contributed by atoms with Crippen LogP contribution in [0.3, 0.4) is 0 Å². The number of benzene rings is 2. The highest BCUT2D eigenvalue weighted by Crippen LogP contribution is 2.20. The van der Waals surface area contributed by atoms with E-state index < -0.39 is 0 Å². The minimum absolute atomic E-state index is 0.0725. The molecule has 3 aromatic rings.